The average Bonchev–Trinajstić information content (AvgIpc) is 2.86. The maximum atomic E-state index is 14.7. The SMILES string of the molecule is C/C=C\N(N)CCNc1ncc(F)c(/C(C)=C/c2cccc(-c3ccccc3C(C)CNC)c2C)n1. The van der Waals surface area contributed by atoms with E-state index in [9.17, 15) is 4.39 Å². The molecule has 0 aliphatic rings. The molecule has 0 saturated heterocycles. The Hall–Kier alpha value is -3.55. The summed E-state index contributed by atoms with van der Waals surface area (Å²) >= 11 is 0. The predicted octanol–water partition coefficient (Wildman–Crippen LogP) is 5.60. The summed E-state index contributed by atoms with van der Waals surface area (Å²) in [5, 5.41) is 7.95. The summed E-state index contributed by atoms with van der Waals surface area (Å²) in [6.45, 7) is 10.1. The summed E-state index contributed by atoms with van der Waals surface area (Å²) in [4.78, 5) is 8.51. The van der Waals surface area contributed by atoms with Crippen LogP contribution in [0, 0.1) is 12.7 Å². The van der Waals surface area contributed by atoms with Gasteiger partial charge in [0.2, 0.25) is 5.95 Å². The summed E-state index contributed by atoms with van der Waals surface area (Å²) in [5.41, 5.74) is 6.86. The van der Waals surface area contributed by atoms with Gasteiger partial charge in [0, 0.05) is 19.3 Å². The topological polar surface area (TPSA) is 79.1 Å². The maximum absolute atomic E-state index is 14.7. The smallest absolute Gasteiger partial charge is 0.223 e. The fraction of sp³-hybridized carbons (Fsp3) is 0.310. The lowest BCUT2D eigenvalue weighted by atomic mass is 9.88. The van der Waals surface area contributed by atoms with E-state index in [2.05, 4.69) is 70.8 Å². The minimum Gasteiger partial charge on any atom is -0.352 e. The number of halogens is 1. The van der Waals surface area contributed by atoms with Crippen LogP contribution in [0.1, 0.15) is 49.1 Å². The molecule has 0 saturated carbocycles. The third kappa shape index (κ3) is 6.77. The van der Waals surface area contributed by atoms with E-state index >= 15 is 0 Å². The molecule has 0 aliphatic heterocycles. The number of allylic oxidation sites excluding steroid dienone is 2. The summed E-state index contributed by atoms with van der Waals surface area (Å²) < 4.78 is 14.7. The molecule has 1 unspecified atom stereocenters. The number of rotatable bonds is 11. The first-order chi connectivity index (χ1) is 17.3. The van der Waals surface area contributed by atoms with E-state index in [4.69, 9.17) is 5.84 Å². The Bertz CT molecular complexity index is 1220. The van der Waals surface area contributed by atoms with Crippen molar-refractivity contribution in [2.45, 2.75) is 33.6 Å². The van der Waals surface area contributed by atoms with E-state index in [0.29, 0.717) is 25.0 Å². The zero-order valence-corrected chi connectivity index (χ0v) is 21.8. The van der Waals surface area contributed by atoms with Crippen molar-refractivity contribution in [1.29, 1.82) is 0 Å². The number of nitrogens with one attached hydrogen (secondary N) is 2. The molecule has 0 amide bonds. The van der Waals surface area contributed by atoms with Crippen LogP contribution in [0.15, 0.2) is 60.9 Å². The first-order valence-electron chi connectivity index (χ1n) is 12.3. The van der Waals surface area contributed by atoms with E-state index in [0.717, 1.165) is 23.2 Å². The van der Waals surface area contributed by atoms with Crippen LogP contribution in [-0.2, 0) is 0 Å². The van der Waals surface area contributed by atoms with E-state index in [1.807, 2.05) is 39.1 Å². The number of hydrogen-bond acceptors (Lipinski definition) is 6. The van der Waals surface area contributed by atoms with Gasteiger partial charge in [-0.1, -0.05) is 55.5 Å². The maximum Gasteiger partial charge on any atom is 0.223 e. The van der Waals surface area contributed by atoms with Gasteiger partial charge in [-0.25, -0.2) is 20.2 Å². The third-order valence-electron chi connectivity index (χ3n) is 6.15. The van der Waals surface area contributed by atoms with Crippen LogP contribution in [0.5, 0.6) is 0 Å². The normalized spacial score (nSPS) is 12.7. The Morgan fingerprint density at radius 3 is 2.67 bits per heavy atom. The van der Waals surface area contributed by atoms with Gasteiger partial charge in [0.1, 0.15) is 5.69 Å². The molecule has 1 aromatic heterocycles. The van der Waals surface area contributed by atoms with E-state index in [-0.39, 0.29) is 5.69 Å². The molecule has 0 fully saturated rings. The molecule has 4 N–H and O–H groups in total. The Labute approximate surface area is 214 Å². The third-order valence-corrected chi connectivity index (χ3v) is 6.15. The molecule has 0 spiro atoms. The van der Waals surface area contributed by atoms with Gasteiger partial charge >= 0.3 is 0 Å². The molecule has 1 atom stereocenters. The average molecular weight is 489 g/mol. The van der Waals surface area contributed by atoms with Crippen molar-refractivity contribution in [2.75, 3.05) is 32.0 Å². The number of aromatic nitrogens is 2. The van der Waals surface area contributed by atoms with E-state index in [1.165, 1.54) is 22.9 Å². The number of nitrogens with two attached hydrogens (primary N) is 1. The number of hydrogen-bond donors (Lipinski definition) is 3. The van der Waals surface area contributed by atoms with Crippen LogP contribution in [0.25, 0.3) is 22.8 Å². The summed E-state index contributed by atoms with van der Waals surface area (Å²) in [6, 6.07) is 14.8. The number of benzene rings is 2. The Morgan fingerprint density at radius 2 is 1.92 bits per heavy atom. The monoisotopic (exact) mass is 488 g/mol. The zero-order valence-electron chi connectivity index (χ0n) is 21.8. The number of hydrazine groups is 1. The summed E-state index contributed by atoms with van der Waals surface area (Å²) in [5.74, 6) is 6.12. The van der Waals surface area contributed by atoms with Gasteiger partial charge in [0.15, 0.2) is 5.82 Å². The van der Waals surface area contributed by atoms with Crippen molar-refractivity contribution in [1.82, 2.24) is 20.3 Å². The van der Waals surface area contributed by atoms with Gasteiger partial charge in [0.05, 0.1) is 12.7 Å². The van der Waals surface area contributed by atoms with Crippen molar-refractivity contribution in [3.63, 3.8) is 0 Å². The minimum atomic E-state index is -0.455. The van der Waals surface area contributed by atoms with Gasteiger partial charge in [-0.05, 0) is 73.2 Å². The molecule has 0 aliphatic carbocycles. The fourth-order valence-electron chi connectivity index (χ4n) is 4.28. The Morgan fingerprint density at radius 1 is 1.17 bits per heavy atom. The quantitative estimate of drug-likeness (QED) is 0.241. The number of nitrogens with zero attached hydrogens (tertiary/aromatic N) is 3. The second kappa shape index (κ2) is 13.0. The van der Waals surface area contributed by atoms with Gasteiger partial charge in [-0.2, -0.15) is 0 Å². The standard InChI is InChI=1S/C29H37FN6/c1-6-15-36(31)16-14-33-29-34-19-27(30)28(35-29)20(2)17-23-10-9-13-25(22(23)4)26-12-8-7-11-24(26)21(3)18-32-5/h6-13,15,17,19,21,32H,14,16,18,31H2,1-5H3,(H,33,34,35)/b15-6-,20-17+. The number of anilines is 1. The molecule has 3 rings (SSSR count). The molecule has 7 heteroatoms. The van der Waals surface area contributed by atoms with Gasteiger partial charge < -0.3 is 15.6 Å². The lowest BCUT2D eigenvalue weighted by Gasteiger charge is -2.18. The molecule has 190 valence electrons. The highest BCUT2D eigenvalue weighted by molar-refractivity contribution is 5.83. The second-order valence-corrected chi connectivity index (χ2v) is 8.93. The van der Waals surface area contributed by atoms with Crippen molar-refractivity contribution in [2.24, 2.45) is 5.84 Å². The number of likely N-dealkylation sites (N-methyl/N-ethyl adjacent to an activating group) is 1. The highest BCUT2D eigenvalue weighted by Gasteiger charge is 2.15. The molecule has 0 radical (unpaired) electrons. The van der Waals surface area contributed by atoms with Gasteiger partial charge in [-0.15, -0.1) is 0 Å². The predicted molar refractivity (Wildman–Crippen MR) is 149 cm³/mol. The molecular weight excluding hydrogens is 451 g/mol. The lowest BCUT2D eigenvalue weighted by molar-refractivity contribution is 0.408. The largest absolute Gasteiger partial charge is 0.352 e. The first-order valence-corrected chi connectivity index (χ1v) is 12.3. The molecular formula is C29H37FN6. The molecule has 2 aromatic carbocycles. The fourth-order valence-corrected chi connectivity index (χ4v) is 4.28. The lowest BCUT2D eigenvalue weighted by Crippen LogP contribution is -2.30. The summed E-state index contributed by atoms with van der Waals surface area (Å²) in [6.07, 6.45) is 6.83. The molecule has 0 bridgehead atoms. The highest BCUT2D eigenvalue weighted by atomic mass is 19.1. The van der Waals surface area contributed by atoms with Gasteiger partial charge in [0.25, 0.3) is 0 Å². The summed E-state index contributed by atoms with van der Waals surface area (Å²) in [7, 11) is 1.97. The van der Waals surface area contributed by atoms with Crippen molar-refractivity contribution >= 4 is 17.6 Å². The van der Waals surface area contributed by atoms with Gasteiger partial charge in [-0.3, -0.25) is 0 Å². The molecule has 3 aromatic rings. The van der Waals surface area contributed by atoms with Crippen LogP contribution >= 0.6 is 0 Å². The highest BCUT2D eigenvalue weighted by Crippen LogP contribution is 2.33. The zero-order chi connectivity index (χ0) is 26.1. The van der Waals surface area contributed by atoms with Crippen molar-refractivity contribution < 1.29 is 4.39 Å². The Kier molecular flexibility index (Phi) is 9.73. The van der Waals surface area contributed by atoms with Crippen molar-refractivity contribution in [3.8, 4) is 11.1 Å². The van der Waals surface area contributed by atoms with Crippen LogP contribution in [-0.4, -0.2) is 41.7 Å². The molecule has 6 nitrogen and oxygen atoms in total. The van der Waals surface area contributed by atoms with Crippen LogP contribution in [0.2, 0.25) is 0 Å². The van der Waals surface area contributed by atoms with E-state index < -0.39 is 5.82 Å². The Balaban J connectivity index is 1.90. The molecule has 1 heterocycles. The molecule has 36 heavy (non-hydrogen) atoms. The van der Waals surface area contributed by atoms with Crippen LogP contribution < -0.4 is 16.5 Å². The second-order valence-electron chi connectivity index (χ2n) is 8.93. The van der Waals surface area contributed by atoms with Crippen LogP contribution in [0.4, 0.5) is 10.3 Å². The first kappa shape index (κ1) is 27.0. The minimum absolute atomic E-state index is 0.276. The van der Waals surface area contributed by atoms with Crippen LogP contribution in [0.3, 0.4) is 0 Å². The van der Waals surface area contributed by atoms with Crippen molar-refractivity contribution in [3.05, 3.63) is 89.1 Å². The van der Waals surface area contributed by atoms with E-state index in [1.54, 1.807) is 11.2 Å².